The summed E-state index contributed by atoms with van der Waals surface area (Å²) >= 11 is 0. The van der Waals surface area contributed by atoms with Crippen LogP contribution in [0.4, 0.5) is 0 Å². The number of halogens is 1. The summed E-state index contributed by atoms with van der Waals surface area (Å²) in [5.41, 5.74) is 0. The van der Waals surface area contributed by atoms with Crippen molar-refractivity contribution in [2.75, 3.05) is 46.9 Å². The molecular weight excluding hydrogens is 395 g/mol. The second-order valence-electron chi connectivity index (χ2n) is 5.05. The summed E-state index contributed by atoms with van der Waals surface area (Å²) in [7, 11) is 3.53. The quantitative estimate of drug-likeness (QED) is 0.228. The van der Waals surface area contributed by atoms with Gasteiger partial charge in [0.15, 0.2) is 5.96 Å². The van der Waals surface area contributed by atoms with Crippen molar-refractivity contribution in [2.45, 2.75) is 39.5 Å². The highest BCUT2D eigenvalue weighted by Crippen LogP contribution is 1.91. The summed E-state index contributed by atoms with van der Waals surface area (Å²) in [5.74, 6) is 0.875. The van der Waals surface area contributed by atoms with Gasteiger partial charge in [0.25, 0.3) is 0 Å². The molecule has 0 saturated heterocycles. The van der Waals surface area contributed by atoms with Gasteiger partial charge in [0.05, 0.1) is 0 Å². The number of aliphatic imine (C=N–C) groups is 1. The van der Waals surface area contributed by atoms with E-state index >= 15 is 0 Å². The molecule has 22 heavy (non-hydrogen) atoms. The van der Waals surface area contributed by atoms with Crippen molar-refractivity contribution in [3.05, 3.63) is 0 Å². The molecule has 0 aromatic rings. The lowest BCUT2D eigenvalue weighted by molar-refractivity contribution is -0.128. The fourth-order valence-corrected chi connectivity index (χ4v) is 1.56. The first kappa shape index (κ1) is 23.7. The van der Waals surface area contributed by atoms with Crippen LogP contribution in [0.3, 0.4) is 0 Å². The molecule has 6 nitrogen and oxygen atoms in total. The van der Waals surface area contributed by atoms with Gasteiger partial charge in [-0.15, -0.1) is 24.0 Å². The van der Waals surface area contributed by atoms with Gasteiger partial charge in [0.2, 0.25) is 5.91 Å². The molecule has 0 heterocycles. The van der Waals surface area contributed by atoms with E-state index in [1.54, 1.807) is 19.0 Å². The van der Waals surface area contributed by atoms with E-state index in [1.807, 2.05) is 6.92 Å². The van der Waals surface area contributed by atoms with Crippen LogP contribution in [-0.4, -0.2) is 63.7 Å². The van der Waals surface area contributed by atoms with Crippen LogP contribution < -0.4 is 10.6 Å². The molecule has 0 saturated carbocycles. The number of carbonyl (C=O) groups is 1. The highest BCUT2D eigenvalue weighted by atomic mass is 127. The van der Waals surface area contributed by atoms with Crippen LogP contribution in [0.2, 0.25) is 0 Å². The number of carbonyl (C=O) groups excluding carboxylic acids is 1. The number of amides is 1. The Hall–Kier alpha value is -0.570. The first-order valence-corrected chi connectivity index (χ1v) is 7.91. The predicted octanol–water partition coefficient (Wildman–Crippen LogP) is 1.84. The zero-order valence-corrected chi connectivity index (χ0v) is 16.8. The van der Waals surface area contributed by atoms with E-state index in [0.717, 1.165) is 51.5 Å². The normalized spacial score (nSPS) is 10.8. The van der Waals surface area contributed by atoms with Crippen molar-refractivity contribution >= 4 is 35.8 Å². The number of rotatable bonds is 11. The van der Waals surface area contributed by atoms with Crippen LogP contribution in [0, 0.1) is 0 Å². The van der Waals surface area contributed by atoms with Gasteiger partial charge in [0, 0.05) is 53.4 Å². The molecule has 132 valence electrons. The lowest BCUT2D eigenvalue weighted by atomic mass is 10.4. The molecule has 0 unspecified atom stereocenters. The van der Waals surface area contributed by atoms with E-state index in [2.05, 4.69) is 22.5 Å². The highest BCUT2D eigenvalue weighted by Gasteiger charge is 2.04. The summed E-state index contributed by atoms with van der Waals surface area (Å²) < 4.78 is 5.49. The Morgan fingerprint density at radius 1 is 1.14 bits per heavy atom. The predicted molar refractivity (Wildman–Crippen MR) is 103 cm³/mol. The van der Waals surface area contributed by atoms with Crippen LogP contribution in [-0.2, 0) is 9.53 Å². The zero-order chi connectivity index (χ0) is 15.9. The molecule has 0 radical (unpaired) electrons. The third kappa shape index (κ3) is 14.4. The molecule has 0 spiro atoms. The summed E-state index contributed by atoms with van der Waals surface area (Å²) in [6, 6.07) is 0. The monoisotopic (exact) mass is 428 g/mol. The van der Waals surface area contributed by atoms with Crippen molar-refractivity contribution in [3.8, 4) is 0 Å². The Bertz CT molecular complexity index is 299. The van der Waals surface area contributed by atoms with Gasteiger partial charge in [-0.3, -0.25) is 9.79 Å². The number of guanidine groups is 1. The Labute approximate surface area is 152 Å². The highest BCUT2D eigenvalue weighted by molar-refractivity contribution is 14.0. The molecule has 0 aliphatic heterocycles. The van der Waals surface area contributed by atoms with Gasteiger partial charge in [0.1, 0.15) is 0 Å². The minimum Gasteiger partial charge on any atom is -0.381 e. The Kier molecular flexibility index (Phi) is 18.1. The minimum absolute atomic E-state index is 0. The number of nitrogens with one attached hydrogen (secondary N) is 2. The van der Waals surface area contributed by atoms with E-state index in [9.17, 15) is 4.79 Å². The van der Waals surface area contributed by atoms with Crippen molar-refractivity contribution in [2.24, 2.45) is 4.99 Å². The van der Waals surface area contributed by atoms with E-state index in [-0.39, 0.29) is 29.9 Å². The maximum atomic E-state index is 11.5. The second kappa shape index (κ2) is 16.8. The number of nitrogens with zero attached hydrogens (tertiary/aromatic N) is 2. The lowest BCUT2D eigenvalue weighted by Gasteiger charge is -2.13. The van der Waals surface area contributed by atoms with Gasteiger partial charge in [-0.05, 0) is 19.8 Å². The Morgan fingerprint density at radius 3 is 2.41 bits per heavy atom. The third-order valence-electron chi connectivity index (χ3n) is 2.83. The van der Waals surface area contributed by atoms with Gasteiger partial charge in [-0.2, -0.15) is 0 Å². The second-order valence-corrected chi connectivity index (χ2v) is 5.05. The topological polar surface area (TPSA) is 66.0 Å². The van der Waals surface area contributed by atoms with E-state index in [4.69, 9.17) is 4.74 Å². The molecule has 0 rings (SSSR count). The molecule has 1 amide bonds. The summed E-state index contributed by atoms with van der Waals surface area (Å²) in [5, 5.41) is 6.34. The SMILES string of the molecule is CCCCOCCCN=C(NCC)NCCC(=O)N(C)C.I. The van der Waals surface area contributed by atoms with Crippen molar-refractivity contribution < 1.29 is 9.53 Å². The minimum atomic E-state index is 0. The molecule has 2 N–H and O–H groups in total. The molecule has 0 aliphatic rings. The van der Waals surface area contributed by atoms with Gasteiger partial charge in [-0.1, -0.05) is 13.3 Å². The molecule has 7 heteroatoms. The fourth-order valence-electron chi connectivity index (χ4n) is 1.56. The zero-order valence-electron chi connectivity index (χ0n) is 14.5. The van der Waals surface area contributed by atoms with Crippen LogP contribution in [0.5, 0.6) is 0 Å². The van der Waals surface area contributed by atoms with Gasteiger partial charge in [-0.25, -0.2) is 0 Å². The van der Waals surface area contributed by atoms with E-state index in [0.29, 0.717) is 13.0 Å². The molecule has 0 aromatic carbocycles. The molecule has 0 atom stereocenters. The Morgan fingerprint density at radius 2 is 1.82 bits per heavy atom. The van der Waals surface area contributed by atoms with Crippen LogP contribution in [0.25, 0.3) is 0 Å². The fraction of sp³-hybridized carbons (Fsp3) is 0.867. The largest absolute Gasteiger partial charge is 0.381 e. The van der Waals surface area contributed by atoms with E-state index < -0.39 is 0 Å². The number of unbranched alkanes of at least 4 members (excludes halogenated alkanes) is 1. The number of ether oxygens (including phenoxy) is 1. The molecule has 0 bridgehead atoms. The smallest absolute Gasteiger partial charge is 0.223 e. The summed E-state index contributed by atoms with van der Waals surface area (Å²) in [6.07, 6.45) is 3.67. The first-order chi connectivity index (χ1) is 10.1. The van der Waals surface area contributed by atoms with Crippen LogP contribution in [0.15, 0.2) is 4.99 Å². The standard InChI is InChI=1S/C15H32N4O2.HI/c1-5-7-12-21-13-8-10-17-15(16-6-2)18-11-9-14(20)19(3)4;/h5-13H2,1-4H3,(H2,16,17,18);1H. The number of hydrogen-bond acceptors (Lipinski definition) is 3. The van der Waals surface area contributed by atoms with Crippen molar-refractivity contribution in [1.82, 2.24) is 15.5 Å². The van der Waals surface area contributed by atoms with Gasteiger partial charge >= 0.3 is 0 Å². The first-order valence-electron chi connectivity index (χ1n) is 7.91. The van der Waals surface area contributed by atoms with E-state index in [1.165, 1.54) is 0 Å². The number of hydrogen-bond donors (Lipinski definition) is 2. The lowest BCUT2D eigenvalue weighted by Crippen LogP contribution is -2.39. The molecule has 0 aromatic heterocycles. The molecular formula is C15H33IN4O2. The third-order valence-corrected chi connectivity index (χ3v) is 2.83. The average Bonchev–Trinajstić information content (AvgIpc) is 2.45. The van der Waals surface area contributed by atoms with Crippen molar-refractivity contribution in [1.29, 1.82) is 0 Å². The average molecular weight is 428 g/mol. The maximum absolute atomic E-state index is 11.5. The van der Waals surface area contributed by atoms with Crippen molar-refractivity contribution in [3.63, 3.8) is 0 Å². The summed E-state index contributed by atoms with van der Waals surface area (Å²) in [4.78, 5) is 17.5. The van der Waals surface area contributed by atoms with Crippen LogP contribution in [0.1, 0.15) is 39.5 Å². The molecule has 0 aliphatic carbocycles. The van der Waals surface area contributed by atoms with Crippen LogP contribution >= 0.6 is 24.0 Å². The maximum Gasteiger partial charge on any atom is 0.223 e. The summed E-state index contributed by atoms with van der Waals surface area (Å²) in [6.45, 7) is 7.89. The Balaban J connectivity index is 0. The molecule has 0 fully saturated rings. The van der Waals surface area contributed by atoms with Gasteiger partial charge < -0.3 is 20.3 Å².